The Bertz CT molecular complexity index is 1150. The molecule has 0 spiro atoms. The summed E-state index contributed by atoms with van der Waals surface area (Å²) in [5.74, 6) is -0.604. The van der Waals surface area contributed by atoms with E-state index in [2.05, 4.69) is 9.88 Å². The Hall–Kier alpha value is -3.66. The number of benzene rings is 1. The summed E-state index contributed by atoms with van der Waals surface area (Å²) in [4.78, 5) is 45.4. The highest BCUT2D eigenvalue weighted by atomic mass is 32.1. The maximum atomic E-state index is 12.9. The van der Waals surface area contributed by atoms with Gasteiger partial charge in [0.1, 0.15) is 4.88 Å². The third kappa shape index (κ3) is 3.77. The largest absolute Gasteiger partial charge is 0.397 e. The Balaban J connectivity index is 1.49. The summed E-state index contributed by atoms with van der Waals surface area (Å²) < 4.78 is 0.808. The van der Waals surface area contributed by atoms with E-state index in [1.165, 1.54) is 16.2 Å². The molecule has 0 aliphatic carbocycles. The first-order chi connectivity index (χ1) is 14.9. The number of nitrogens with two attached hydrogens (primary N) is 2. The lowest BCUT2D eigenvalue weighted by molar-refractivity contribution is -0.107. The Morgan fingerprint density at radius 1 is 1.13 bits per heavy atom. The SMILES string of the molecule is CN(C=O)c1ccc(C(=O)N2CCN(c3cncc4sc(C(N)=O)c(N)c34)CC2)cc1. The highest BCUT2D eigenvalue weighted by Crippen LogP contribution is 2.39. The van der Waals surface area contributed by atoms with E-state index in [1.54, 1.807) is 48.6 Å². The van der Waals surface area contributed by atoms with E-state index < -0.39 is 5.91 Å². The first kappa shape index (κ1) is 20.6. The molecule has 160 valence electrons. The molecule has 1 fully saturated rings. The fraction of sp³-hybridized carbons (Fsp3) is 0.238. The van der Waals surface area contributed by atoms with Crippen LogP contribution in [0.25, 0.3) is 10.1 Å². The molecule has 9 nitrogen and oxygen atoms in total. The number of thiophene rings is 1. The number of hydrogen-bond donors (Lipinski definition) is 2. The van der Waals surface area contributed by atoms with Crippen LogP contribution in [0.2, 0.25) is 0 Å². The van der Waals surface area contributed by atoms with Gasteiger partial charge in [0.25, 0.3) is 11.8 Å². The van der Waals surface area contributed by atoms with Gasteiger partial charge in [-0.1, -0.05) is 0 Å². The zero-order valence-corrected chi connectivity index (χ0v) is 17.8. The Morgan fingerprint density at radius 2 is 1.81 bits per heavy atom. The number of pyridine rings is 1. The van der Waals surface area contributed by atoms with E-state index >= 15 is 0 Å². The number of primary amides is 1. The van der Waals surface area contributed by atoms with Gasteiger partial charge in [0.15, 0.2) is 0 Å². The van der Waals surface area contributed by atoms with Crippen molar-refractivity contribution in [3.63, 3.8) is 0 Å². The Morgan fingerprint density at radius 3 is 2.42 bits per heavy atom. The highest BCUT2D eigenvalue weighted by Gasteiger charge is 2.25. The lowest BCUT2D eigenvalue weighted by Crippen LogP contribution is -2.48. The van der Waals surface area contributed by atoms with Crippen LogP contribution in [0, 0.1) is 0 Å². The second-order valence-corrected chi connectivity index (χ2v) is 8.34. The van der Waals surface area contributed by atoms with E-state index in [1.807, 2.05) is 0 Å². The molecular formula is C21H22N6O3S. The van der Waals surface area contributed by atoms with Crippen LogP contribution in [-0.2, 0) is 4.79 Å². The summed E-state index contributed by atoms with van der Waals surface area (Å²) in [7, 11) is 1.66. The molecule has 1 aliphatic rings. The number of anilines is 3. The van der Waals surface area contributed by atoms with Crippen molar-refractivity contribution in [1.29, 1.82) is 0 Å². The lowest BCUT2D eigenvalue weighted by atomic mass is 10.1. The summed E-state index contributed by atoms with van der Waals surface area (Å²) in [5.41, 5.74) is 14.2. The van der Waals surface area contributed by atoms with E-state index in [9.17, 15) is 14.4 Å². The van der Waals surface area contributed by atoms with Gasteiger partial charge in [-0.05, 0) is 24.3 Å². The number of carbonyl (C=O) groups excluding carboxylic acids is 3. The van der Waals surface area contributed by atoms with Gasteiger partial charge in [-0.3, -0.25) is 19.4 Å². The van der Waals surface area contributed by atoms with Gasteiger partial charge >= 0.3 is 0 Å². The maximum Gasteiger partial charge on any atom is 0.260 e. The standard InChI is InChI=1S/C21H22N6O3S/c1-25(12-28)14-4-2-13(3-5-14)21(30)27-8-6-26(7-9-27)15-10-24-11-16-17(15)18(22)19(31-16)20(23)29/h2-5,10-12H,6-9,22H2,1H3,(H2,23,29). The number of hydrogen-bond acceptors (Lipinski definition) is 7. The molecule has 1 aromatic carbocycles. The number of nitrogen functional groups attached to an aromatic ring is 1. The minimum absolute atomic E-state index is 0.0534. The van der Waals surface area contributed by atoms with Crippen molar-refractivity contribution in [3.05, 3.63) is 47.1 Å². The molecule has 0 unspecified atom stereocenters. The summed E-state index contributed by atoms with van der Waals surface area (Å²) in [5, 5.41) is 0.781. The third-order valence-corrected chi connectivity index (χ3v) is 6.58. The summed E-state index contributed by atoms with van der Waals surface area (Å²) >= 11 is 1.24. The fourth-order valence-corrected chi connectivity index (χ4v) is 4.68. The van der Waals surface area contributed by atoms with Gasteiger partial charge in [-0.15, -0.1) is 11.3 Å². The van der Waals surface area contributed by atoms with Crippen molar-refractivity contribution in [2.45, 2.75) is 0 Å². The van der Waals surface area contributed by atoms with Crippen molar-refractivity contribution in [1.82, 2.24) is 9.88 Å². The van der Waals surface area contributed by atoms with Crippen molar-refractivity contribution in [2.75, 3.05) is 48.8 Å². The molecule has 0 atom stereocenters. The highest BCUT2D eigenvalue weighted by molar-refractivity contribution is 7.21. The number of piperazine rings is 1. The number of amides is 3. The number of rotatable bonds is 5. The normalized spacial score (nSPS) is 14.0. The molecular weight excluding hydrogens is 416 g/mol. The molecule has 1 saturated heterocycles. The lowest BCUT2D eigenvalue weighted by Gasteiger charge is -2.36. The van der Waals surface area contributed by atoms with E-state index in [-0.39, 0.29) is 5.91 Å². The van der Waals surface area contributed by atoms with Gasteiger partial charge in [-0.2, -0.15) is 0 Å². The molecule has 3 amide bonds. The average Bonchev–Trinajstić information content (AvgIpc) is 3.15. The first-order valence-corrected chi connectivity index (χ1v) is 10.5. The number of nitrogens with zero attached hydrogens (tertiary/aromatic N) is 4. The molecule has 31 heavy (non-hydrogen) atoms. The van der Waals surface area contributed by atoms with Gasteiger partial charge in [0, 0.05) is 56.1 Å². The summed E-state index contributed by atoms with van der Waals surface area (Å²) in [6.45, 7) is 2.30. The molecule has 10 heteroatoms. The third-order valence-electron chi connectivity index (χ3n) is 5.43. The average molecular weight is 439 g/mol. The zero-order valence-electron chi connectivity index (χ0n) is 16.9. The van der Waals surface area contributed by atoms with Crippen LogP contribution in [0.4, 0.5) is 17.1 Å². The van der Waals surface area contributed by atoms with E-state index in [0.717, 1.165) is 27.9 Å². The molecule has 0 radical (unpaired) electrons. The molecule has 0 bridgehead atoms. The predicted molar refractivity (Wildman–Crippen MR) is 122 cm³/mol. The summed E-state index contributed by atoms with van der Waals surface area (Å²) in [6, 6.07) is 6.96. The quantitative estimate of drug-likeness (QED) is 0.582. The molecule has 1 aliphatic heterocycles. The molecule has 4 N–H and O–H groups in total. The number of fused-ring (bicyclic) bond motifs is 1. The van der Waals surface area contributed by atoms with Crippen LogP contribution in [0.15, 0.2) is 36.7 Å². The van der Waals surface area contributed by atoms with Crippen LogP contribution in [-0.4, -0.2) is 61.3 Å². The molecule has 3 heterocycles. The Kier molecular flexibility index (Phi) is 5.47. The second kappa shape index (κ2) is 8.23. The minimum Gasteiger partial charge on any atom is -0.397 e. The predicted octanol–water partition coefficient (Wildman–Crippen LogP) is 1.53. The fourth-order valence-electron chi connectivity index (χ4n) is 3.71. The Labute approximate surface area is 182 Å². The number of aromatic nitrogens is 1. The first-order valence-electron chi connectivity index (χ1n) is 9.69. The monoisotopic (exact) mass is 438 g/mol. The van der Waals surface area contributed by atoms with Crippen LogP contribution < -0.4 is 21.3 Å². The second-order valence-electron chi connectivity index (χ2n) is 7.28. The van der Waals surface area contributed by atoms with Gasteiger partial charge < -0.3 is 26.2 Å². The maximum absolute atomic E-state index is 12.9. The topological polar surface area (TPSA) is 126 Å². The molecule has 4 rings (SSSR count). The van der Waals surface area contributed by atoms with E-state index in [0.29, 0.717) is 42.3 Å². The van der Waals surface area contributed by atoms with Gasteiger partial charge in [-0.25, -0.2) is 0 Å². The smallest absolute Gasteiger partial charge is 0.260 e. The molecule has 2 aromatic heterocycles. The van der Waals surface area contributed by atoms with Crippen LogP contribution in [0.3, 0.4) is 0 Å². The van der Waals surface area contributed by atoms with Crippen molar-refractivity contribution in [2.24, 2.45) is 5.73 Å². The van der Waals surface area contributed by atoms with Crippen molar-refractivity contribution >= 4 is 56.7 Å². The van der Waals surface area contributed by atoms with Crippen LogP contribution in [0.1, 0.15) is 20.0 Å². The van der Waals surface area contributed by atoms with Crippen LogP contribution >= 0.6 is 11.3 Å². The minimum atomic E-state index is -0.551. The zero-order chi connectivity index (χ0) is 22.1. The van der Waals surface area contributed by atoms with Gasteiger partial charge in [0.05, 0.1) is 22.3 Å². The van der Waals surface area contributed by atoms with Crippen molar-refractivity contribution in [3.8, 4) is 0 Å². The van der Waals surface area contributed by atoms with Gasteiger partial charge in [0.2, 0.25) is 6.41 Å². The molecule has 0 saturated carbocycles. The number of carbonyl (C=O) groups is 3. The van der Waals surface area contributed by atoms with Crippen molar-refractivity contribution < 1.29 is 14.4 Å². The molecule has 3 aromatic rings. The summed E-state index contributed by atoms with van der Waals surface area (Å²) in [6.07, 6.45) is 4.13. The van der Waals surface area contributed by atoms with Crippen LogP contribution in [0.5, 0.6) is 0 Å². The van der Waals surface area contributed by atoms with E-state index in [4.69, 9.17) is 11.5 Å².